The Labute approximate surface area is 131 Å². The Bertz CT molecular complexity index is 981. The highest BCUT2D eigenvalue weighted by molar-refractivity contribution is 5.88. The maximum atomic E-state index is 11.1. The van der Waals surface area contributed by atoms with E-state index in [0.29, 0.717) is 17.1 Å². The fraction of sp³-hybridized carbons (Fsp3) is 0. The number of carbonyl (C=O) groups is 1. The molecule has 2 heterocycles. The van der Waals surface area contributed by atoms with E-state index < -0.39 is 5.97 Å². The quantitative estimate of drug-likeness (QED) is 0.621. The minimum absolute atomic E-state index is 0.225. The van der Waals surface area contributed by atoms with Crippen LogP contribution in [0, 0.1) is 0 Å². The second kappa shape index (κ2) is 5.14. The number of carboxylic acid groups (broad SMARTS) is 1. The van der Waals surface area contributed by atoms with Crippen molar-refractivity contribution in [3.05, 3.63) is 72.4 Å². The molecule has 1 N–H and O–H groups in total. The van der Waals surface area contributed by atoms with Crippen LogP contribution in [-0.2, 0) is 0 Å². The summed E-state index contributed by atoms with van der Waals surface area (Å²) in [7, 11) is 0. The van der Waals surface area contributed by atoms with Crippen molar-refractivity contribution < 1.29 is 14.3 Å². The van der Waals surface area contributed by atoms with Crippen molar-refractivity contribution in [3.63, 3.8) is 0 Å². The van der Waals surface area contributed by atoms with E-state index in [0.717, 1.165) is 11.0 Å². The van der Waals surface area contributed by atoms with Gasteiger partial charge >= 0.3 is 5.97 Å². The van der Waals surface area contributed by atoms with Crippen molar-refractivity contribution in [1.29, 1.82) is 0 Å². The van der Waals surface area contributed by atoms with Gasteiger partial charge in [-0.25, -0.2) is 9.48 Å². The second-order valence-electron chi connectivity index (χ2n) is 5.15. The molecular weight excluding hydrogens is 292 g/mol. The molecule has 0 spiro atoms. The molecule has 0 aliphatic carbocycles. The van der Waals surface area contributed by atoms with Gasteiger partial charge in [0.2, 0.25) is 0 Å². The Morgan fingerprint density at radius 3 is 2.74 bits per heavy atom. The molecule has 0 atom stereocenters. The Hall–Kier alpha value is -3.34. The normalized spacial score (nSPS) is 11.0. The van der Waals surface area contributed by atoms with Crippen LogP contribution < -0.4 is 0 Å². The SMILES string of the molecule is O=C(O)c1cccc(-n2ccc(-c3cc4ccccc4o3)n2)c1. The van der Waals surface area contributed by atoms with Gasteiger partial charge in [-0.05, 0) is 36.4 Å². The van der Waals surface area contributed by atoms with Gasteiger partial charge in [0.1, 0.15) is 11.3 Å². The number of furan rings is 1. The first-order valence-electron chi connectivity index (χ1n) is 7.09. The zero-order chi connectivity index (χ0) is 15.8. The number of fused-ring (bicyclic) bond motifs is 1. The maximum absolute atomic E-state index is 11.1. The van der Waals surface area contributed by atoms with Crippen molar-refractivity contribution in [2.75, 3.05) is 0 Å². The third-order valence-electron chi connectivity index (χ3n) is 3.62. The number of hydrogen-bond acceptors (Lipinski definition) is 3. The molecule has 0 saturated heterocycles. The number of rotatable bonds is 3. The summed E-state index contributed by atoms with van der Waals surface area (Å²) in [4.78, 5) is 11.1. The third-order valence-corrected chi connectivity index (χ3v) is 3.62. The van der Waals surface area contributed by atoms with Crippen molar-refractivity contribution in [3.8, 4) is 17.1 Å². The molecule has 0 aliphatic heterocycles. The lowest BCUT2D eigenvalue weighted by Gasteiger charge is -2.02. The molecule has 0 unspecified atom stereocenters. The van der Waals surface area contributed by atoms with Gasteiger partial charge in [-0.3, -0.25) is 0 Å². The van der Waals surface area contributed by atoms with E-state index in [9.17, 15) is 4.79 Å². The molecule has 2 aromatic carbocycles. The smallest absolute Gasteiger partial charge is 0.335 e. The molecular formula is C18H12N2O3. The fourth-order valence-corrected chi connectivity index (χ4v) is 2.49. The van der Waals surface area contributed by atoms with Crippen LogP contribution in [-0.4, -0.2) is 20.9 Å². The minimum atomic E-state index is -0.962. The summed E-state index contributed by atoms with van der Waals surface area (Å²) in [5, 5.41) is 14.6. The summed E-state index contributed by atoms with van der Waals surface area (Å²) >= 11 is 0. The van der Waals surface area contributed by atoms with E-state index in [-0.39, 0.29) is 5.56 Å². The van der Waals surface area contributed by atoms with Gasteiger partial charge in [0.15, 0.2) is 5.76 Å². The van der Waals surface area contributed by atoms with E-state index in [1.165, 1.54) is 0 Å². The number of hydrogen-bond donors (Lipinski definition) is 1. The first-order chi connectivity index (χ1) is 11.2. The van der Waals surface area contributed by atoms with Gasteiger partial charge in [-0.2, -0.15) is 5.10 Å². The van der Waals surface area contributed by atoms with Gasteiger partial charge in [0, 0.05) is 11.6 Å². The van der Waals surface area contributed by atoms with Crippen molar-refractivity contribution >= 4 is 16.9 Å². The first-order valence-corrected chi connectivity index (χ1v) is 7.09. The summed E-state index contributed by atoms with van der Waals surface area (Å²) in [6, 6.07) is 18.2. The maximum Gasteiger partial charge on any atom is 0.335 e. The van der Waals surface area contributed by atoms with Crippen LogP contribution in [0.15, 0.2) is 71.3 Å². The molecule has 23 heavy (non-hydrogen) atoms. The molecule has 0 bridgehead atoms. The summed E-state index contributed by atoms with van der Waals surface area (Å²) in [6.07, 6.45) is 1.78. The number of aromatic nitrogens is 2. The number of carboxylic acids is 1. The standard InChI is InChI=1S/C18H12N2O3/c21-18(22)13-5-3-6-14(10-13)20-9-8-15(19-20)17-11-12-4-1-2-7-16(12)23-17/h1-11H,(H,21,22). The minimum Gasteiger partial charge on any atom is -0.478 e. The van der Waals surface area contributed by atoms with Gasteiger partial charge in [-0.1, -0.05) is 24.3 Å². The molecule has 0 fully saturated rings. The number of para-hydroxylation sites is 1. The molecule has 0 saturated carbocycles. The van der Waals surface area contributed by atoms with Crippen LogP contribution in [0.5, 0.6) is 0 Å². The van der Waals surface area contributed by atoms with Crippen molar-refractivity contribution in [2.45, 2.75) is 0 Å². The molecule has 5 heteroatoms. The summed E-state index contributed by atoms with van der Waals surface area (Å²) < 4.78 is 7.43. The Balaban J connectivity index is 1.74. The highest BCUT2D eigenvalue weighted by atomic mass is 16.4. The number of nitrogens with zero attached hydrogens (tertiary/aromatic N) is 2. The van der Waals surface area contributed by atoms with E-state index in [1.807, 2.05) is 42.5 Å². The lowest BCUT2D eigenvalue weighted by atomic mass is 10.2. The summed E-state index contributed by atoms with van der Waals surface area (Å²) in [6.45, 7) is 0. The molecule has 2 aromatic heterocycles. The molecule has 0 radical (unpaired) electrons. The fourth-order valence-electron chi connectivity index (χ4n) is 2.49. The van der Waals surface area contributed by atoms with Crippen LogP contribution >= 0.6 is 0 Å². The lowest BCUT2D eigenvalue weighted by molar-refractivity contribution is 0.0697. The van der Waals surface area contributed by atoms with Crippen LogP contribution in [0.3, 0.4) is 0 Å². The Morgan fingerprint density at radius 2 is 1.91 bits per heavy atom. The molecule has 4 aromatic rings. The van der Waals surface area contributed by atoms with Gasteiger partial charge in [0.05, 0.1) is 11.3 Å². The lowest BCUT2D eigenvalue weighted by Crippen LogP contribution is -2.00. The highest BCUT2D eigenvalue weighted by Crippen LogP contribution is 2.26. The van der Waals surface area contributed by atoms with Crippen molar-refractivity contribution in [1.82, 2.24) is 9.78 Å². The predicted molar refractivity (Wildman–Crippen MR) is 85.7 cm³/mol. The van der Waals surface area contributed by atoms with Crippen molar-refractivity contribution in [2.24, 2.45) is 0 Å². The zero-order valence-corrected chi connectivity index (χ0v) is 12.0. The third kappa shape index (κ3) is 2.38. The topological polar surface area (TPSA) is 68.3 Å². The average Bonchev–Trinajstić information content (AvgIpc) is 3.21. The zero-order valence-electron chi connectivity index (χ0n) is 12.0. The van der Waals surface area contributed by atoms with Crippen LogP contribution in [0.4, 0.5) is 0 Å². The first kappa shape index (κ1) is 13.3. The number of aromatic carboxylic acids is 1. The van der Waals surface area contributed by atoms with E-state index in [1.54, 1.807) is 29.1 Å². The monoisotopic (exact) mass is 304 g/mol. The largest absolute Gasteiger partial charge is 0.478 e. The van der Waals surface area contributed by atoms with E-state index in [2.05, 4.69) is 5.10 Å². The highest BCUT2D eigenvalue weighted by Gasteiger charge is 2.10. The molecule has 0 amide bonds. The molecule has 4 rings (SSSR count). The van der Waals surface area contributed by atoms with Crippen LogP contribution in [0.25, 0.3) is 28.1 Å². The second-order valence-corrected chi connectivity index (χ2v) is 5.15. The summed E-state index contributed by atoms with van der Waals surface area (Å²) in [5.74, 6) is -0.282. The van der Waals surface area contributed by atoms with Gasteiger partial charge in [0.25, 0.3) is 0 Å². The van der Waals surface area contributed by atoms with E-state index in [4.69, 9.17) is 9.52 Å². The predicted octanol–water partition coefficient (Wildman–Crippen LogP) is 3.98. The Kier molecular flexibility index (Phi) is 2.98. The Morgan fingerprint density at radius 1 is 1.04 bits per heavy atom. The van der Waals surface area contributed by atoms with Gasteiger partial charge < -0.3 is 9.52 Å². The van der Waals surface area contributed by atoms with E-state index >= 15 is 0 Å². The molecule has 5 nitrogen and oxygen atoms in total. The molecule has 0 aliphatic rings. The van der Waals surface area contributed by atoms with Crippen LogP contribution in [0.2, 0.25) is 0 Å². The van der Waals surface area contributed by atoms with Gasteiger partial charge in [-0.15, -0.1) is 0 Å². The summed E-state index contributed by atoms with van der Waals surface area (Å²) in [5.41, 5.74) is 2.42. The van der Waals surface area contributed by atoms with Crippen LogP contribution in [0.1, 0.15) is 10.4 Å². The average molecular weight is 304 g/mol. The number of benzene rings is 2. The molecule has 112 valence electrons.